The van der Waals surface area contributed by atoms with Crippen molar-refractivity contribution in [2.45, 2.75) is 31.5 Å². The summed E-state index contributed by atoms with van der Waals surface area (Å²) in [5.41, 5.74) is 0.841. The minimum Gasteiger partial charge on any atom is -0.394 e. The van der Waals surface area contributed by atoms with Gasteiger partial charge < -0.3 is 15.7 Å². The lowest BCUT2D eigenvalue weighted by Crippen LogP contribution is -2.42. The third-order valence-corrected chi connectivity index (χ3v) is 4.58. The van der Waals surface area contributed by atoms with E-state index in [1.807, 2.05) is 36.6 Å². The summed E-state index contributed by atoms with van der Waals surface area (Å²) in [4.78, 5) is 37.6. The molecule has 1 fully saturated rings. The number of nitrogens with one attached hydrogen (secondary N) is 2. The summed E-state index contributed by atoms with van der Waals surface area (Å²) in [6.07, 6.45) is 2.46. The van der Waals surface area contributed by atoms with Crippen molar-refractivity contribution in [1.29, 1.82) is 0 Å². The van der Waals surface area contributed by atoms with Crippen LogP contribution in [0.5, 0.6) is 0 Å². The number of urea groups is 1. The van der Waals surface area contributed by atoms with E-state index >= 15 is 0 Å². The van der Waals surface area contributed by atoms with E-state index < -0.39 is 18.0 Å². The summed E-state index contributed by atoms with van der Waals surface area (Å²) < 4.78 is 0. The highest BCUT2D eigenvalue weighted by atomic mass is 32.2. The average molecular weight is 365 g/mol. The second-order valence-corrected chi connectivity index (χ2v) is 6.83. The van der Waals surface area contributed by atoms with Gasteiger partial charge in [-0.05, 0) is 24.0 Å². The fraction of sp³-hybridized carbons (Fsp3) is 0.471. The molecule has 0 aliphatic carbocycles. The van der Waals surface area contributed by atoms with Gasteiger partial charge in [-0.1, -0.05) is 30.3 Å². The van der Waals surface area contributed by atoms with Crippen molar-refractivity contribution in [3.05, 3.63) is 35.9 Å². The first-order valence-electron chi connectivity index (χ1n) is 8.10. The van der Waals surface area contributed by atoms with Gasteiger partial charge >= 0.3 is 6.03 Å². The van der Waals surface area contributed by atoms with Gasteiger partial charge in [-0.15, -0.1) is 0 Å². The lowest BCUT2D eigenvalue weighted by Gasteiger charge is -2.17. The Kier molecular flexibility index (Phi) is 7.27. The van der Waals surface area contributed by atoms with E-state index in [9.17, 15) is 19.5 Å². The highest BCUT2D eigenvalue weighted by Gasteiger charge is 2.39. The molecule has 25 heavy (non-hydrogen) atoms. The molecule has 4 amide bonds. The van der Waals surface area contributed by atoms with Crippen LogP contribution in [0.2, 0.25) is 0 Å². The lowest BCUT2D eigenvalue weighted by atomic mass is 10.1. The van der Waals surface area contributed by atoms with Gasteiger partial charge in [0.1, 0.15) is 6.04 Å². The number of nitrogens with zero attached hydrogens (tertiary/aromatic N) is 1. The monoisotopic (exact) mass is 365 g/mol. The highest BCUT2D eigenvalue weighted by Crippen LogP contribution is 2.14. The van der Waals surface area contributed by atoms with Crippen LogP contribution in [-0.4, -0.2) is 58.6 Å². The van der Waals surface area contributed by atoms with Crippen molar-refractivity contribution >= 4 is 29.6 Å². The Bertz CT molecular complexity index is 611. The molecular formula is C17H23N3O4S. The molecule has 0 bridgehead atoms. The van der Waals surface area contributed by atoms with Gasteiger partial charge in [0.25, 0.3) is 5.91 Å². The minimum absolute atomic E-state index is 0.133. The number of imide groups is 1. The largest absolute Gasteiger partial charge is 0.394 e. The van der Waals surface area contributed by atoms with Crippen LogP contribution in [0.3, 0.4) is 0 Å². The molecule has 1 aromatic rings. The Morgan fingerprint density at radius 3 is 2.72 bits per heavy atom. The summed E-state index contributed by atoms with van der Waals surface area (Å²) in [6, 6.07) is 7.49. The van der Waals surface area contributed by atoms with Crippen molar-refractivity contribution in [1.82, 2.24) is 15.5 Å². The smallest absolute Gasteiger partial charge is 0.325 e. The molecule has 7 nitrogen and oxygen atoms in total. The molecule has 1 aliphatic rings. The second-order valence-electron chi connectivity index (χ2n) is 5.84. The minimum atomic E-state index is -0.865. The maximum absolute atomic E-state index is 12.4. The Labute approximate surface area is 151 Å². The van der Waals surface area contributed by atoms with E-state index in [-0.39, 0.29) is 31.5 Å². The Morgan fingerprint density at radius 1 is 1.36 bits per heavy atom. The van der Waals surface area contributed by atoms with Crippen LogP contribution < -0.4 is 10.6 Å². The summed E-state index contributed by atoms with van der Waals surface area (Å²) in [5.74, 6) is 0.0455. The maximum atomic E-state index is 12.4. The van der Waals surface area contributed by atoms with Crippen LogP contribution in [0.1, 0.15) is 18.4 Å². The molecule has 0 spiro atoms. The number of hydrogen-bond acceptors (Lipinski definition) is 5. The number of aliphatic hydroxyl groups is 1. The van der Waals surface area contributed by atoms with Gasteiger partial charge in [0.15, 0.2) is 0 Å². The molecule has 136 valence electrons. The van der Waals surface area contributed by atoms with E-state index in [0.717, 1.165) is 16.2 Å². The van der Waals surface area contributed by atoms with Crippen molar-refractivity contribution in [3.63, 3.8) is 0 Å². The van der Waals surface area contributed by atoms with Gasteiger partial charge in [0.2, 0.25) is 5.91 Å². The van der Waals surface area contributed by atoms with E-state index in [2.05, 4.69) is 10.6 Å². The summed E-state index contributed by atoms with van der Waals surface area (Å²) in [5, 5.41) is 14.5. The number of rotatable bonds is 9. The predicted molar refractivity (Wildman–Crippen MR) is 95.9 cm³/mol. The second kappa shape index (κ2) is 9.43. The third-order valence-electron chi connectivity index (χ3n) is 3.94. The Hall–Kier alpha value is -2.06. The molecule has 2 unspecified atom stereocenters. The van der Waals surface area contributed by atoms with Crippen LogP contribution in [0, 0.1) is 0 Å². The molecule has 1 heterocycles. The zero-order valence-electron chi connectivity index (χ0n) is 14.1. The normalized spacial score (nSPS) is 18.2. The van der Waals surface area contributed by atoms with E-state index in [1.165, 1.54) is 0 Å². The summed E-state index contributed by atoms with van der Waals surface area (Å²) >= 11 is 1.63. The molecular weight excluding hydrogens is 342 g/mol. The van der Waals surface area contributed by atoms with Crippen molar-refractivity contribution < 1.29 is 19.5 Å². The Morgan fingerprint density at radius 2 is 2.08 bits per heavy atom. The number of hydrogen-bond donors (Lipinski definition) is 3. The number of carbonyl (C=O) groups excluding carboxylic acids is 3. The van der Waals surface area contributed by atoms with Crippen molar-refractivity contribution in [3.8, 4) is 0 Å². The highest BCUT2D eigenvalue weighted by molar-refractivity contribution is 7.98. The standard InChI is InChI=1S/C17H23N3O4S/c1-25-8-7-13(11-21)18-15(22)9-14-16(23)20(17(24)19-14)10-12-5-3-2-4-6-12/h2-6,13-14,21H,7-11H2,1H3,(H,18,22)(H,19,24). The molecule has 1 saturated heterocycles. The molecule has 8 heteroatoms. The quantitative estimate of drug-likeness (QED) is 0.560. The fourth-order valence-corrected chi connectivity index (χ4v) is 3.09. The average Bonchev–Trinajstić information content (AvgIpc) is 2.87. The van der Waals surface area contributed by atoms with Gasteiger partial charge in [-0.25, -0.2) is 4.79 Å². The third kappa shape index (κ3) is 5.47. The SMILES string of the molecule is CSCCC(CO)NC(=O)CC1NC(=O)N(Cc2ccccc2)C1=O. The lowest BCUT2D eigenvalue weighted by molar-refractivity contribution is -0.131. The van der Waals surface area contributed by atoms with Crippen LogP contribution in [-0.2, 0) is 16.1 Å². The molecule has 0 saturated carbocycles. The number of thioether (sulfide) groups is 1. The van der Waals surface area contributed by atoms with E-state index in [4.69, 9.17) is 0 Å². The zero-order chi connectivity index (χ0) is 18.2. The van der Waals surface area contributed by atoms with Gasteiger partial charge in [0, 0.05) is 0 Å². The first kappa shape index (κ1) is 19.3. The molecule has 0 aromatic heterocycles. The van der Waals surface area contributed by atoms with Crippen molar-refractivity contribution in [2.24, 2.45) is 0 Å². The molecule has 3 N–H and O–H groups in total. The summed E-state index contributed by atoms with van der Waals surface area (Å²) in [6.45, 7) is 0.0218. The van der Waals surface area contributed by atoms with E-state index in [0.29, 0.717) is 6.42 Å². The van der Waals surface area contributed by atoms with Crippen molar-refractivity contribution in [2.75, 3.05) is 18.6 Å². The molecule has 1 aliphatic heterocycles. The van der Waals surface area contributed by atoms with E-state index in [1.54, 1.807) is 11.8 Å². The van der Waals surface area contributed by atoms with Gasteiger partial charge in [-0.2, -0.15) is 11.8 Å². The Balaban J connectivity index is 1.89. The summed E-state index contributed by atoms with van der Waals surface area (Å²) in [7, 11) is 0. The fourth-order valence-electron chi connectivity index (χ4n) is 2.57. The molecule has 0 radical (unpaired) electrons. The molecule has 1 aromatic carbocycles. The molecule has 2 atom stereocenters. The van der Waals surface area contributed by atoms with Gasteiger partial charge in [0.05, 0.1) is 25.6 Å². The topological polar surface area (TPSA) is 98.7 Å². The molecule has 2 rings (SSSR count). The van der Waals surface area contributed by atoms with Crippen LogP contribution in [0.4, 0.5) is 4.79 Å². The number of benzene rings is 1. The zero-order valence-corrected chi connectivity index (χ0v) is 14.9. The number of carbonyl (C=O) groups is 3. The van der Waals surface area contributed by atoms with Gasteiger partial charge in [-0.3, -0.25) is 14.5 Å². The first-order chi connectivity index (χ1) is 12.0. The maximum Gasteiger partial charge on any atom is 0.325 e. The first-order valence-corrected chi connectivity index (χ1v) is 9.49. The van der Waals surface area contributed by atoms with Crippen LogP contribution >= 0.6 is 11.8 Å². The predicted octanol–water partition coefficient (Wildman–Crippen LogP) is 0.727. The van der Waals surface area contributed by atoms with Crippen LogP contribution in [0.15, 0.2) is 30.3 Å². The number of aliphatic hydroxyl groups excluding tert-OH is 1. The number of amides is 4. The van der Waals surface area contributed by atoms with Crippen LogP contribution in [0.25, 0.3) is 0 Å².